The van der Waals surface area contributed by atoms with Gasteiger partial charge in [0.05, 0.1) is 12.6 Å². The van der Waals surface area contributed by atoms with Crippen LogP contribution in [0.25, 0.3) is 0 Å². The Bertz CT molecular complexity index is 431. The minimum Gasteiger partial charge on any atom is -0.434 e. The van der Waals surface area contributed by atoms with E-state index in [0.29, 0.717) is 12.3 Å². The molecule has 0 aromatic heterocycles. The zero-order valence-corrected chi connectivity index (χ0v) is 11.0. The summed E-state index contributed by atoms with van der Waals surface area (Å²) in [5, 5.41) is 2.97. The third-order valence-corrected chi connectivity index (χ3v) is 2.43. The van der Waals surface area contributed by atoms with E-state index >= 15 is 0 Å². The lowest BCUT2D eigenvalue weighted by molar-refractivity contribution is -0.119. The normalized spacial score (nSPS) is 11.7. The number of hydrogen-bond donors (Lipinski definition) is 2. The first-order valence-electron chi connectivity index (χ1n) is 5.99. The number of benzene rings is 1. The fourth-order valence-electron chi connectivity index (χ4n) is 1.29. The lowest BCUT2D eigenvalue weighted by Crippen LogP contribution is -2.38. The van der Waals surface area contributed by atoms with Gasteiger partial charge in [-0.15, -0.1) is 0 Å². The molecule has 1 rings (SSSR count). The van der Waals surface area contributed by atoms with Gasteiger partial charge < -0.3 is 20.5 Å². The number of nitrogens with one attached hydrogen (secondary N) is 1. The highest BCUT2D eigenvalue weighted by molar-refractivity contribution is 5.79. The van der Waals surface area contributed by atoms with Crippen molar-refractivity contribution in [2.75, 3.05) is 6.61 Å². The van der Waals surface area contributed by atoms with Crippen LogP contribution in [0.5, 0.6) is 5.75 Å². The highest BCUT2D eigenvalue weighted by Gasteiger charge is 2.08. The van der Waals surface area contributed by atoms with Gasteiger partial charge >= 0.3 is 6.16 Å². The standard InChI is InChI=1S/C13H18N2O4/c1-3-18-13(17)19-11-6-4-10(5-7-11)8-15-9(2)12(14)16/h4-7,9,15H,3,8H2,1-2H3,(H2,14,16)/t9-/m0/s1. The van der Waals surface area contributed by atoms with E-state index in [1.807, 2.05) is 0 Å². The monoisotopic (exact) mass is 266 g/mol. The van der Waals surface area contributed by atoms with Gasteiger partial charge in [0.2, 0.25) is 5.91 Å². The van der Waals surface area contributed by atoms with Gasteiger partial charge in [-0.05, 0) is 31.5 Å². The number of primary amides is 1. The maximum atomic E-state index is 11.1. The van der Waals surface area contributed by atoms with Crippen molar-refractivity contribution in [2.45, 2.75) is 26.4 Å². The minimum absolute atomic E-state index is 0.270. The molecule has 0 spiro atoms. The van der Waals surface area contributed by atoms with Crippen LogP contribution in [0.15, 0.2) is 24.3 Å². The first kappa shape index (κ1) is 15.0. The van der Waals surface area contributed by atoms with Gasteiger partial charge in [0.15, 0.2) is 0 Å². The summed E-state index contributed by atoms with van der Waals surface area (Å²) in [4.78, 5) is 21.9. The molecule has 1 aromatic rings. The molecule has 0 heterocycles. The number of carbonyl (C=O) groups is 2. The molecule has 6 nitrogen and oxygen atoms in total. The molecule has 0 fully saturated rings. The van der Waals surface area contributed by atoms with Crippen LogP contribution < -0.4 is 15.8 Å². The average Bonchev–Trinajstić information content (AvgIpc) is 2.37. The Morgan fingerprint density at radius 3 is 2.47 bits per heavy atom. The maximum Gasteiger partial charge on any atom is 0.513 e. The van der Waals surface area contributed by atoms with Crippen molar-refractivity contribution in [3.63, 3.8) is 0 Å². The van der Waals surface area contributed by atoms with Gasteiger partial charge in [-0.25, -0.2) is 4.79 Å². The van der Waals surface area contributed by atoms with Crippen molar-refractivity contribution in [2.24, 2.45) is 5.73 Å². The summed E-state index contributed by atoms with van der Waals surface area (Å²) in [5.41, 5.74) is 6.08. The second-order valence-electron chi connectivity index (χ2n) is 3.93. The van der Waals surface area contributed by atoms with Crippen LogP contribution >= 0.6 is 0 Å². The van der Waals surface area contributed by atoms with Crippen molar-refractivity contribution >= 4 is 12.1 Å². The second-order valence-corrected chi connectivity index (χ2v) is 3.93. The molecule has 104 valence electrons. The summed E-state index contributed by atoms with van der Waals surface area (Å²) < 4.78 is 9.57. The average molecular weight is 266 g/mol. The highest BCUT2D eigenvalue weighted by atomic mass is 16.7. The molecule has 0 aliphatic carbocycles. The molecule has 1 atom stereocenters. The quantitative estimate of drug-likeness (QED) is 0.596. The number of hydrogen-bond acceptors (Lipinski definition) is 5. The molecule has 0 saturated heterocycles. The topological polar surface area (TPSA) is 90.7 Å². The Labute approximate surface area is 111 Å². The number of amides is 1. The van der Waals surface area contributed by atoms with Gasteiger partial charge in [0, 0.05) is 6.54 Å². The summed E-state index contributed by atoms with van der Waals surface area (Å²) in [6, 6.07) is 6.49. The lowest BCUT2D eigenvalue weighted by Gasteiger charge is -2.10. The van der Waals surface area contributed by atoms with Gasteiger partial charge in [-0.2, -0.15) is 0 Å². The van der Waals surface area contributed by atoms with Gasteiger partial charge in [-0.3, -0.25) is 4.79 Å². The fraction of sp³-hybridized carbons (Fsp3) is 0.385. The fourth-order valence-corrected chi connectivity index (χ4v) is 1.29. The Hall–Kier alpha value is -2.08. The van der Waals surface area contributed by atoms with Crippen molar-refractivity contribution in [1.29, 1.82) is 0 Å². The number of ether oxygens (including phenoxy) is 2. The second kappa shape index (κ2) is 7.38. The number of nitrogens with two attached hydrogens (primary N) is 1. The minimum atomic E-state index is -0.726. The first-order valence-corrected chi connectivity index (χ1v) is 5.99. The third-order valence-electron chi connectivity index (χ3n) is 2.43. The largest absolute Gasteiger partial charge is 0.513 e. The Morgan fingerprint density at radius 2 is 1.95 bits per heavy atom. The zero-order valence-electron chi connectivity index (χ0n) is 11.0. The van der Waals surface area contributed by atoms with Crippen LogP contribution in [-0.2, 0) is 16.1 Å². The van der Waals surface area contributed by atoms with Gasteiger partial charge in [-0.1, -0.05) is 12.1 Å². The molecular weight excluding hydrogens is 248 g/mol. The molecule has 1 amide bonds. The van der Waals surface area contributed by atoms with Crippen LogP contribution in [0.2, 0.25) is 0 Å². The van der Waals surface area contributed by atoms with Crippen molar-refractivity contribution in [3.8, 4) is 5.75 Å². The van der Waals surface area contributed by atoms with Crippen molar-refractivity contribution in [3.05, 3.63) is 29.8 Å². The van der Waals surface area contributed by atoms with E-state index in [2.05, 4.69) is 10.1 Å². The van der Waals surface area contributed by atoms with Crippen molar-refractivity contribution in [1.82, 2.24) is 5.32 Å². The summed E-state index contributed by atoms with van der Waals surface area (Å²) in [6.07, 6.45) is -0.726. The Morgan fingerprint density at radius 1 is 1.32 bits per heavy atom. The third kappa shape index (κ3) is 5.39. The number of carbonyl (C=O) groups excluding carboxylic acids is 2. The van der Waals surface area contributed by atoms with Gasteiger partial charge in [0.1, 0.15) is 5.75 Å². The Balaban J connectivity index is 2.47. The molecule has 0 saturated carbocycles. The summed E-state index contributed by atoms with van der Waals surface area (Å²) >= 11 is 0. The van der Waals surface area contributed by atoms with E-state index in [-0.39, 0.29) is 6.61 Å². The van der Waals surface area contributed by atoms with Crippen LogP contribution in [-0.4, -0.2) is 24.7 Å². The summed E-state index contributed by atoms with van der Waals surface area (Å²) in [6.45, 7) is 4.17. The van der Waals surface area contributed by atoms with Gasteiger partial charge in [0.25, 0.3) is 0 Å². The molecule has 1 aromatic carbocycles. The highest BCUT2D eigenvalue weighted by Crippen LogP contribution is 2.12. The lowest BCUT2D eigenvalue weighted by atomic mass is 10.2. The van der Waals surface area contributed by atoms with Crippen molar-refractivity contribution < 1.29 is 19.1 Å². The molecule has 0 aliphatic heterocycles. The smallest absolute Gasteiger partial charge is 0.434 e. The molecule has 19 heavy (non-hydrogen) atoms. The van der Waals surface area contributed by atoms with E-state index in [1.165, 1.54) is 0 Å². The van der Waals surface area contributed by atoms with Crippen LogP contribution in [0, 0.1) is 0 Å². The number of rotatable bonds is 6. The van der Waals surface area contributed by atoms with E-state index in [4.69, 9.17) is 10.5 Å². The summed E-state index contributed by atoms with van der Waals surface area (Å²) in [7, 11) is 0. The molecular formula is C13H18N2O4. The predicted molar refractivity (Wildman–Crippen MR) is 69.6 cm³/mol. The molecule has 3 N–H and O–H groups in total. The van der Waals surface area contributed by atoms with E-state index in [0.717, 1.165) is 5.56 Å². The van der Waals surface area contributed by atoms with E-state index in [9.17, 15) is 9.59 Å². The summed E-state index contributed by atoms with van der Waals surface area (Å²) in [5.74, 6) is 0.00687. The molecule has 0 bridgehead atoms. The maximum absolute atomic E-state index is 11.1. The SMILES string of the molecule is CCOC(=O)Oc1ccc(CN[C@@H](C)C(N)=O)cc1. The van der Waals surface area contributed by atoms with Crippen LogP contribution in [0.4, 0.5) is 4.79 Å². The molecule has 0 unspecified atom stereocenters. The molecule has 0 radical (unpaired) electrons. The van der Waals surface area contributed by atoms with E-state index in [1.54, 1.807) is 38.1 Å². The Kier molecular flexibility index (Phi) is 5.81. The first-order chi connectivity index (χ1) is 9.02. The van der Waals surface area contributed by atoms with Crippen LogP contribution in [0.1, 0.15) is 19.4 Å². The molecule has 0 aliphatic rings. The predicted octanol–water partition coefficient (Wildman–Crippen LogP) is 1.19. The van der Waals surface area contributed by atoms with Crippen LogP contribution in [0.3, 0.4) is 0 Å². The van der Waals surface area contributed by atoms with E-state index < -0.39 is 18.1 Å². The zero-order chi connectivity index (χ0) is 14.3. The molecule has 6 heteroatoms.